The normalized spacial score (nSPS) is 10.6. The van der Waals surface area contributed by atoms with E-state index in [0.29, 0.717) is 32.1 Å². The molecule has 186 valence electrons. The van der Waals surface area contributed by atoms with Crippen LogP contribution >= 0.6 is 27.5 Å². The average Bonchev–Trinajstić information content (AvgIpc) is 2.88. The zero-order valence-corrected chi connectivity index (χ0v) is 21.6. The Morgan fingerprint density at radius 1 is 0.944 bits per heavy atom. The lowest BCUT2D eigenvalue weighted by Gasteiger charge is -2.11. The van der Waals surface area contributed by atoms with Gasteiger partial charge in [-0.1, -0.05) is 33.6 Å². The van der Waals surface area contributed by atoms with E-state index in [2.05, 4.69) is 31.8 Å². The Bertz CT molecular complexity index is 1310. The Morgan fingerprint density at radius 3 is 2.42 bits per heavy atom. The maximum absolute atomic E-state index is 12.7. The SMILES string of the molecule is COc1ccc(C(=O)Oc2ccc(Br)cc2C=NNC(=O)CNC(=O)c2cccc(Cl)c2)cc1OC. The van der Waals surface area contributed by atoms with Crippen molar-refractivity contribution in [3.8, 4) is 17.2 Å². The van der Waals surface area contributed by atoms with Gasteiger partial charge in [0, 0.05) is 20.6 Å². The number of hydrogen-bond acceptors (Lipinski definition) is 7. The number of methoxy groups -OCH3 is 2. The molecule has 2 amide bonds. The number of halogens is 2. The quantitative estimate of drug-likeness (QED) is 0.171. The molecule has 3 aromatic carbocycles. The monoisotopic (exact) mass is 573 g/mol. The van der Waals surface area contributed by atoms with Crippen molar-refractivity contribution in [2.45, 2.75) is 0 Å². The van der Waals surface area contributed by atoms with Crippen molar-refractivity contribution < 1.29 is 28.6 Å². The smallest absolute Gasteiger partial charge is 0.343 e. The molecule has 0 aromatic heterocycles. The molecule has 3 aromatic rings. The summed E-state index contributed by atoms with van der Waals surface area (Å²) in [5.41, 5.74) is 3.31. The van der Waals surface area contributed by atoms with E-state index >= 15 is 0 Å². The minimum Gasteiger partial charge on any atom is -0.493 e. The van der Waals surface area contributed by atoms with Gasteiger partial charge < -0.3 is 19.5 Å². The fraction of sp³-hybridized carbons (Fsp3) is 0.120. The number of amides is 2. The van der Waals surface area contributed by atoms with E-state index in [0.717, 1.165) is 0 Å². The lowest BCUT2D eigenvalue weighted by atomic mass is 10.2. The van der Waals surface area contributed by atoms with Gasteiger partial charge in [-0.2, -0.15) is 5.10 Å². The first kappa shape index (κ1) is 26.7. The molecule has 0 unspecified atom stereocenters. The molecule has 0 heterocycles. The van der Waals surface area contributed by atoms with Gasteiger partial charge in [0.05, 0.1) is 32.5 Å². The lowest BCUT2D eigenvalue weighted by Crippen LogP contribution is -2.34. The van der Waals surface area contributed by atoms with Gasteiger partial charge in [0.2, 0.25) is 0 Å². The van der Waals surface area contributed by atoms with Crippen LogP contribution < -0.4 is 25.0 Å². The van der Waals surface area contributed by atoms with Gasteiger partial charge in [0.15, 0.2) is 11.5 Å². The standard InChI is InChI=1S/C25H21BrClN3O6/c1-34-21-8-6-16(12-22(21)35-2)25(33)36-20-9-7-18(26)10-17(20)13-29-30-23(31)14-28-24(32)15-4-3-5-19(27)11-15/h3-13H,14H2,1-2H3,(H,28,32)(H,30,31). The van der Waals surface area contributed by atoms with Crippen LogP contribution in [0.3, 0.4) is 0 Å². The van der Waals surface area contributed by atoms with Crippen LogP contribution in [-0.4, -0.2) is 44.8 Å². The summed E-state index contributed by atoms with van der Waals surface area (Å²) in [6.07, 6.45) is 1.32. The van der Waals surface area contributed by atoms with E-state index in [1.54, 1.807) is 48.5 Å². The van der Waals surface area contributed by atoms with Gasteiger partial charge in [-0.05, 0) is 54.6 Å². The molecule has 0 saturated carbocycles. The first-order valence-corrected chi connectivity index (χ1v) is 11.6. The summed E-state index contributed by atoms with van der Waals surface area (Å²) in [5, 5.41) is 6.78. The molecule has 0 radical (unpaired) electrons. The third-order valence-corrected chi connectivity index (χ3v) is 5.41. The van der Waals surface area contributed by atoms with Gasteiger partial charge >= 0.3 is 5.97 Å². The van der Waals surface area contributed by atoms with E-state index in [1.165, 1.54) is 32.6 Å². The summed E-state index contributed by atoms with van der Waals surface area (Å²) in [6.45, 7) is -0.303. The predicted octanol–water partition coefficient (Wildman–Crippen LogP) is 4.22. The van der Waals surface area contributed by atoms with Crippen LogP contribution in [0.4, 0.5) is 0 Å². The summed E-state index contributed by atoms with van der Waals surface area (Å²) in [7, 11) is 2.96. The lowest BCUT2D eigenvalue weighted by molar-refractivity contribution is -0.120. The number of hydrogen-bond donors (Lipinski definition) is 2. The Labute approximate surface area is 220 Å². The van der Waals surface area contributed by atoms with Crippen LogP contribution in [0.15, 0.2) is 70.2 Å². The third-order valence-electron chi connectivity index (χ3n) is 4.68. The van der Waals surface area contributed by atoms with E-state index in [4.69, 9.17) is 25.8 Å². The molecular weight excluding hydrogens is 554 g/mol. The molecule has 3 rings (SSSR count). The van der Waals surface area contributed by atoms with Gasteiger partial charge in [0.25, 0.3) is 11.8 Å². The van der Waals surface area contributed by atoms with E-state index < -0.39 is 17.8 Å². The summed E-state index contributed by atoms with van der Waals surface area (Å²) in [5.74, 6) is -0.556. The van der Waals surface area contributed by atoms with Gasteiger partial charge in [0.1, 0.15) is 5.75 Å². The fourth-order valence-corrected chi connectivity index (χ4v) is 3.51. The van der Waals surface area contributed by atoms with E-state index in [1.807, 2.05) is 0 Å². The van der Waals surface area contributed by atoms with Crippen LogP contribution in [0, 0.1) is 0 Å². The van der Waals surface area contributed by atoms with Crippen molar-refractivity contribution >= 4 is 51.5 Å². The van der Waals surface area contributed by atoms with Crippen LogP contribution in [0.5, 0.6) is 17.2 Å². The molecule has 0 bridgehead atoms. The van der Waals surface area contributed by atoms with E-state index in [9.17, 15) is 14.4 Å². The van der Waals surface area contributed by atoms with Crippen LogP contribution in [0.2, 0.25) is 5.02 Å². The number of rotatable bonds is 9. The third kappa shape index (κ3) is 7.30. The minimum absolute atomic E-state index is 0.213. The molecule has 0 aliphatic heterocycles. The molecule has 36 heavy (non-hydrogen) atoms. The highest BCUT2D eigenvalue weighted by Crippen LogP contribution is 2.29. The highest BCUT2D eigenvalue weighted by Gasteiger charge is 2.15. The fourth-order valence-electron chi connectivity index (χ4n) is 2.94. The second kappa shape index (κ2) is 12.7. The van der Waals surface area contributed by atoms with Crippen molar-refractivity contribution in [1.82, 2.24) is 10.7 Å². The number of hydrazone groups is 1. The molecule has 0 spiro atoms. The number of nitrogens with one attached hydrogen (secondary N) is 2. The second-order valence-electron chi connectivity index (χ2n) is 7.13. The predicted molar refractivity (Wildman–Crippen MR) is 138 cm³/mol. The first-order chi connectivity index (χ1) is 17.3. The topological polar surface area (TPSA) is 115 Å². The molecule has 11 heteroatoms. The summed E-state index contributed by atoms with van der Waals surface area (Å²) in [6, 6.07) is 15.9. The average molecular weight is 575 g/mol. The van der Waals surface area contributed by atoms with Crippen molar-refractivity contribution in [2.24, 2.45) is 5.10 Å². The first-order valence-electron chi connectivity index (χ1n) is 10.4. The number of carbonyl (C=O) groups is 3. The van der Waals surface area contributed by atoms with E-state index in [-0.39, 0.29) is 17.9 Å². The van der Waals surface area contributed by atoms with Crippen molar-refractivity contribution in [3.05, 3.63) is 86.8 Å². The summed E-state index contributed by atoms with van der Waals surface area (Å²) in [4.78, 5) is 36.9. The van der Waals surface area contributed by atoms with Crippen molar-refractivity contribution in [2.75, 3.05) is 20.8 Å². The van der Waals surface area contributed by atoms with Gasteiger partial charge in [-0.25, -0.2) is 10.2 Å². The Kier molecular flexibility index (Phi) is 9.43. The molecule has 9 nitrogen and oxygen atoms in total. The minimum atomic E-state index is -0.624. The number of benzene rings is 3. The summed E-state index contributed by atoms with van der Waals surface area (Å²) >= 11 is 9.22. The molecule has 0 fully saturated rings. The molecule has 0 saturated heterocycles. The highest BCUT2D eigenvalue weighted by molar-refractivity contribution is 9.10. The van der Waals surface area contributed by atoms with Crippen molar-refractivity contribution in [3.63, 3.8) is 0 Å². The molecule has 0 aliphatic carbocycles. The van der Waals surface area contributed by atoms with Gasteiger partial charge in [-0.3, -0.25) is 9.59 Å². The van der Waals surface area contributed by atoms with Gasteiger partial charge in [-0.15, -0.1) is 0 Å². The maximum Gasteiger partial charge on any atom is 0.343 e. The number of ether oxygens (including phenoxy) is 3. The molecular formula is C25H21BrClN3O6. The molecule has 0 atom stereocenters. The second-order valence-corrected chi connectivity index (χ2v) is 8.48. The number of carbonyl (C=O) groups excluding carboxylic acids is 3. The maximum atomic E-state index is 12.7. The zero-order valence-electron chi connectivity index (χ0n) is 19.2. The molecule has 2 N–H and O–H groups in total. The van der Waals surface area contributed by atoms with Crippen LogP contribution in [0.25, 0.3) is 0 Å². The zero-order chi connectivity index (χ0) is 26.1. The Balaban J connectivity index is 1.63. The Hall–Kier alpha value is -3.89. The largest absolute Gasteiger partial charge is 0.493 e. The van der Waals surface area contributed by atoms with Crippen molar-refractivity contribution in [1.29, 1.82) is 0 Å². The van der Waals surface area contributed by atoms with Crippen LogP contribution in [0.1, 0.15) is 26.3 Å². The molecule has 0 aliphatic rings. The highest BCUT2D eigenvalue weighted by atomic mass is 79.9. The summed E-state index contributed by atoms with van der Waals surface area (Å²) < 4.78 is 16.6. The van der Waals surface area contributed by atoms with Crippen LogP contribution in [-0.2, 0) is 4.79 Å². The number of nitrogens with zero attached hydrogens (tertiary/aromatic N) is 1. The Morgan fingerprint density at radius 2 is 1.69 bits per heavy atom. The number of esters is 1.